The van der Waals surface area contributed by atoms with Crippen LogP contribution in [0.15, 0.2) is 30.6 Å². The van der Waals surface area contributed by atoms with Crippen LogP contribution in [0.25, 0.3) is 5.69 Å². The van der Waals surface area contributed by atoms with E-state index in [9.17, 15) is 4.79 Å². The Morgan fingerprint density at radius 3 is 2.52 bits per heavy atom. The van der Waals surface area contributed by atoms with E-state index in [0.717, 1.165) is 24.2 Å². The van der Waals surface area contributed by atoms with Crippen LogP contribution in [0.3, 0.4) is 0 Å². The molecule has 0 aliphatic heterocycles. The first-order valence-electron chi connectivity index (χ1n) is 8.18. The molecule has 0 bridgehead atoms. The molecule has 1 aliphatic rings. The second-order valence-corrected chi connectivity index (χ2v) is 5.91. The van der Waals surface area contributed by atoms with E-state index in [1.807, 2.05) is 24.3 Å². The number of nitrogens with one attached hydrogen (secondary N) is 2. The van der Waals surface area contributed by atoms with Gasteiger partial charge in [0, 0.05) is 11.7 Å². The number of carbonyl (C=O) groups is 1. The number of anilines is 1. The van der Waals surface area contributed by atoms with Gasteiger partial charge in [0.25, 0.3) is 0 Å². The predicted molar refractivity (Wildman–Crippen MR) is 87.3 cm³/mol. The summed E-state index contributed by atoms with van der Waals surface area (Å²) in [4.78, 5) is 12.0. The first-order chi connectivity index (χ1) is 11.3. The van der Waals surface area contributed by atoms with Crippen LogP contribution in [-0.4, -0.2) is 38.7 Å². The van der Waals surface area contributed by atoms with Gasteiger partial charge in [0.2, 0.25) is 5.91 Å². The summed E-state index contributed by atoms with van der Waals surface area (Å²) in [5.74, 6) is 0.0569. The molecule has 0 atom stereocenters. The third-order valence-corrected chi connectivity index (χ3v) is 4.15. The van der Waals surface area contributed by atoms with Crippen LogP contribution in [0.5, 0.6) is 0 Å². The summed E-state index contributed by atoms with van der Waals surface area (Å²) < 4.78 is 1.59. The summed E-state index contributed by atoms with van der Waals surface area (Å²) in [5, 5.41) is 17.3. The largest absolute Gasteiger partial charge is 0.376 e. The average molecular weight is 314 g/mol. The third-order valence-electron chi connectivity index (χ3n) is 4.15. The second-order valence-electron chi connectivity index (χ2n) is 5.91. The fourth-order valence-electron chi connectivity index (χ4n) is 2.90. The van der Waals surface area contributed by atoms with Crippen molar-refractivity contribution in [2.75, 3.05) is 11.9 Å². The van der Waals surface area contributed by atoms with E-state index in [4.69, 9.17) is 0 Å². The fraction of sp³-hybridized carbons (Fsp3) is 0.500. The maximum Gasteiger partial charge on any atom is 0.239 e. The van der Waals surface area contributed by atoms with Gasteiger partial charge in [-0.05, 0) is 47.5 Å². The van der Waals surface area contributed by atoms with Crippen molar-refractivity contribution in [3.8, 4) is 5.69 Å². The molecule has 0 unspecified atom stereocenters. The minimum absolute atomic E-state index is 0.0569. The normalized spacial score (nSPS) is 15.8. The van der Waals surface area contributed by atoms with Crippen LogP contribution in [0.1, 0.15) is 38.5 Å². The topological polar surface area (TPSA) is 84.7 Å². The van der Waals surface area contributed by atoms with Gasteiger partial charge >= 0.3 is 0 Å². The van der Waals surface area contributed by atoms with Crippen LogP contribution >= 0.6 is 0 Å². The number of amides is 1. The van der Waals surface area contributed by atoms with Gasteiger partial charge in [-0.3, -0.25) is 4.79 Å². The van der Waals surface area contributed by atoms with Crippen molar-refractivity contribution in [1.29, 1.82) is 0 Å². The quantitative estimate of drug-likeness (QED) is 0.824. The van der Waals surface area contributed by atoms with Crippen molar-refractivity contribution < 1.29 is 4.79 Å². The first-order valence-corrected chi connectivity index (χ1v) is 8.18. The van der Waals surface area contributed by atoms with Gasteiger partial charge in [-0.1, -0.05) is 25.7 Å². The highest BCUT2D eigenvalue weighted by Gasteiger charge is 2.14. The molecule has 0 saturated heterocycles. The van der Waals surface area contributed by atoms with Gasteiger partial charge in [0.1, 0.15) is 6.33 Å². The standard InChI is InChI=1S/C16H22N6O/c23-16(19-14-5-3-1-2-4-6-14)11-17-13-7-9-15(10-8-13)22-12-18-20-21-22/h7-10,12,14,17H,1-6,11H2,(H,19,23). The zero-order valence-corrected chi connectivity index (χ0v) is 13.1. The Bertz CT molecular complexity index is 602. The van der Waals surface area contributed by atoms with Crippen molar-refractivity contribution >= 4 is 11.6 Å². The van der Waals surface area contributed by atoms with E-state index in [1.54, 1.807) is 11.0 Å². The second kappa shape index (κ2) is 7.71. The number of carbonyl (C=O) groups excluding carboxylic acids is 1. The van der Waals surface area contributed by atoms with Crippen molar-refractivity contribution in [2.24, 2.45) is 0 Å². The molecule has 1 heterocycles. The van der Waals surface area contributed by atoms with Crippen molar-refractivity contribution in [1.82, 2.24) is 25.5 Å². The monoisotopic (exact) mass is 314 g/mol. The van der Waals surface area contributed by atoms with E-state index < -0.39 is 0 Å². The molecule has 0 radical (unpaired) electrons. The lowest BCUT2D eigenvalue weighted by Crippen LogP contribution is -2.38. The average Bonchev–Trinajstić information content (AvgIpc) is 2.99. The maximum absolute atomic E-state index is 12.0. The Morgan fingerprint density at radius 1 is 1.13 bits per heavy atom. The lowest BCUT2D eigenvalue weighted by atomic mass is 10.1. The lowest BCUT2D eigenvalue weighted by molar-refractivity contribution is -0.120. The number of benzene rings is 1. The maximum atomic E-state index is 12.0. The molecular formula is C16H22N6O. The molecule has 23 heavy (non-hydrogen) atoms. The summed E-state index contributed by atoms with van der Waals surface area (Å²) in [6.45, 7) is 0.292. The summed E-state index contributed by atoms with van der Waals surface area (Å²) in [7, 11) is 0. The number of tetrazole rings is 1. The molecule has 1 aromatic carbocycles. The van der Waals surface area contributed by atoms with Crippen LogP contribution < -0.4 is 10.6 Å². The smallest absolute Gasteiger partial charge is 0.239 e. The molecule has 7 heteroatoms. The number of hydrogen-bond acceptors (Lipinski definition) is 5. The lowest BCUT2D eigenvalue weighted by Gasteiger charge is -2.16. The SMILES string of the molecule is O=C(CNc1ccc(-n2cnnn2)cc1)NC1CCCCCC1. The van der Waals surface area contributed by atoms with Crippen molar-refractivity contribution in [2.45, 2.75) is 44.6 Å². The highest BCUT2D eigenvalue weighted by Crippen LogP contribution is 2.17. The summed E-state index contributed by atoms with van der Waals surface area (Å²) in [6.07, 6.45) is 8.77. The van der Waals surface area contributed by atoms with E-state index in [0.29, 0.717) is 12.6 Å². The number of aromatic nitrogens is 4. The van der Waals surface area contributed by atoms with Crippen LogP contribution in [0, 0.1) is 0 Å². The van der Waals surface area contributed by atoms with Crippen LogP contribution in [0.2, 0.25) is 0 Å². The Labute approximate surface area is 135 Å². The molecule has 122 valence electrons. The van der Waals surface area contributed by atoms with E-state index in [2.05, 4.69) is 26.2 Å². The Hall–Kier alpha value is -2.44. The predicted octanol–water partition coefficient (Wildman–Crippen LogP) is 1.91. The zero-order valence-electron chi connectivity index (χ0n) is 13.1. The van der Waals surface area contributed by atoms with Gasteiger partial charge in [-0.15, -0.1) is 5.10 Å². The Kier molecular flexibility index (Phi) is 5.18. The third kappa shape index (κ3) is 4.51. The van der Waals surface area contributed by atoms with E-state index >= 15 is 0 Å². The molecule has 1 amide bonds. The zero-order chi connectivity index (χ0) is 15.9. The van der Waals surface area contributed by atoms with Crippen molar-refractivity contribution in [3.63, 3.8) is 0 Å². The van der Waals surface area contributed by atoms with Gasteiger partial charge in [0.05, 0.1) is 12.2 Å². The van der Waals surface area contributed by atoms with Crippen LogP contribution in [-0.2, 0) is 4.79 Å². The number of nitrogens with zero attached hydrogens (tertiary/aromatic N) is 4. The van der Waals surface area contributed by atoms with Crippen LogP contribution in [0.4, 0.5) is 5.69 Å². The molecule has 0 spiro atoms. The molecule has 3 rings (SSSR count). The van der Waals surface area contributed by atoms with E-state index in [-0.39, 0.29) is 5.91 Å². The summed E-state index contributed by atoms with van der Waals surface area (Å²) in [5.41, 5.74) is 1.78. The minimum atomic E-state index is 0.0569. The molecule has 7 nitrogen and oxygen atoms in total. The van der Waals surface area contributed by atoms with Gasteiger partial charge in [0.15, 0.2) is 0 Å². The van der Waals surface area contributed by atoms with Crippen molar-refractivity contribution in [3.05, 3.63) is 30.6 Å². The molecule has 1 saturated carbocycles. The summed E-state index contributed by atoms with van der Waals surface area (Å²) in [6, 6.07) is 7.98. The molecule has 1 aliphatic carbocycles. The van der Waals surface area contributed by atoms with Gasteiger partial charge < -0.3 is 10.6 Å². The van der Waals surface area contributed by atoms with Gasteiger partial charge in [-0.2, -0.15) is 0 Å². The Balaban J connectivity index is 1.47. The fourth-order valence-corrected chi connectivity index (χ4v) is 2.90. The Morgan fingerprint density at radius 2 is 1.87 bits per heavy atom. The first kappa shape index (κ1) is 15.5. The molecule has 1 aromatic heterocycles. The highest BCUT2D eigenvalue weighted by atomic mass is 16.1. The highest BCUT2D eigenvalue weighted by molar-refractivity contribution is 5.81. The number of rotatable bonds is 5. The molecule has 1 fully saturated rings. The molecule has 2 N–H and O–H groups in total. The van der Waals surface area contributed by atoms with Gasteiger partial charge in [-0.25, -0.2) is 4.68 Å². The summed E-state index contributed by atoms with van der Waals surface area (Å²) >= 11 is 0. The molecule has 2 aromatic rings. The minimum Gasteiger partial charge on any atom is -0.376 e. The molecular weight excluding hydrogens is 292 g/mol. The van der Waals surface area contributed by atoms with E-state index in [1.165, 1.54) is 25.7 Å². The number of hydrogen-bond donors (Lipinski definition) is 2.